The first-order valence-corrected chi connectivity index (χ1v) is 3.56. The average molecular weight is 158 g/mol. The number of nitrogens with zero attached hydrogens (tertiary/aromatic N) is 1. The third kappa shape index (κ3) is 2.17. The zero-order chi connectivity index (χ0) is 8.43. The molecule has 0 aromatic rings. The number of likely N-dealkylation sites (tertiary alicyclic amines) is 1. The summed E-state index contributed by atoms with van der Waals surface area (Å²) in [6.45, 7) is 4.96. The second-order valence-electron chi connectivity index (χ2n) is 2.91. The third-order valence-electron chi connectivity index (χ3n) is 1.78. The van der Waals surface area contributed by atoms with E-state index in [2.05, 4.69) is 6.92 Å². The molecule has 63 valence electrons. The van der Waals surface area contributed by atoms with Crippen LogP contribution in [-0.2, 0) is 4.79 Å². The fourth-order valence-corrected chi connectivity index (χ4v) is 1.17. The number of aliphatic carboxylic acids is 1. The van der Waals surface area contributed by atoms with Gasteiger partial charge in [0.1, 0.15) is 0 Å². The van der Waals surface area contributed by atoms with E-state index in [1.807, 2.05) is 4.90 Å². The van der Waals surface area contributed by atoms with Crippen LogP contribution < -0.4 is 0 Å². The molecule has 1 saturated heterocycles. The molecule has 1 aliphatic rings. The minimum absolute atomic E-state index is 0.242. The summed E-state index contributed by atoms with van der Waals surface area (Å²) in [4.78, 5) is 12.2. The first-order valence-electron chi connectivity index (χ1n) is 3.56. The Bertz CT molecular complexity index is 152. The van der Waals surface area contributed by atoms with Gasteiger partial charge in [0, 0.05) is 19.6 Å². The number of aliphatic hydroxyl groups excluding tert-OH is 1. The molecule has 0 bridgehead atoms. The number of hydrogen-bond donors (Lipinski definition) is 2. The Kier molecular flexibility index (Phi) is 2.46. The highest BCUT2D eigenvalue weighted by molar-refractivity contribution is 5.71. The first kappa shape index (κ1) is 8.49. The zero-order valence-electron chi connectivity index (χ0n) is 6.23. The van der Waals surface area contributed by atoms with Crippen molar-refractivity contribution in [3.63, 3.8) is 0 Å². The van der Waals surface area contributed by atoms with E-state index in [0.717, 1.165) is 0 Å². The zero-order valence-corrected chi connectivity index (χ0v) is 6.23. The van der Waals surface area contributed by atoms with E-state index in [1.54, 1.807) is 0 Å². The fraction of sp³-hybridized carbons (Fsp3) is 0.714. The van der Waals surface area contributed by atoms with E-state index in [-0.39, 0.29) is 5.92 Å². The first-order chi connectivity index (χ1) is 5.09. The van der Waals surface area contributed by atoms with Gasteiger partial charge in [0.15, 0.2) is 0 Å². The van der Waals surface area contributed by atoms with E-state index < -0.39 is 12.1 Å². The number of carbonyl (C=O) groups is 1. The molecule has 4 nitrogen and oxygen atoms in total. The van der Waals surface area contributed by atoms with E-state index in [9.17, 15) is 4.79 Å². The summed E-state index contributed by atoms with van der Waals surface area (Å²) in [6, 6.07) is 0. The summed E-state index contributed by atoms with van der Waals surface area (Å²) >= 11 is 0. The Hall–Kier alpha value is -0.610. The van der Waals surface area contributed by atoms with Gasteiger partial charge in [0.25, 0.3) is 0 Å². The normalized spacial score (nSPS) is 22.7. The van der Waals surface area contributed by atoms with Crippen molar-refractivity contribution in [2.24, 2.45) is 5.92 Å². The molecule has 0 aromatic heterocycles. The lowest BCUT2D eigenvalue weighted by Crippen LogP contribution is -2.52. The largest absolute Gasteiger partial charge is 0.481 e. The summed E-state index contributed by atoms with van der Waals surface area (Å²) in [6.07, 6.45) is -0.607. The number of β-amino-alcohol motifs (C(OH)–C–C–N with tert-alkyl or cyclic N) is 1. The number of aliphatic hydroxyl groups is 1. The summed E-state index contributed by atoms with van der Waals surface area (Å²) in [5.74, 6) is -0.992. The van der Waals surface area contributed by atoms with Crippen LogP contribution in [0.25, 0.3) is 0 Å². The number of rotatable bonds is 3. The molecule has 1 heterocycles. The summed E-state index contributed by atoms with van der Waals surface area (Å²) in [5, 5.41) is 17.3. The van der Waals surface area contributed by atoms with Crippen LogP contribution in [0.2, 0.25) is 0 Å². The number of carboxylic acid groups (broad SMARTS) is 1. The highest BCUT2D eigenvalue weighted by atomic mass is 16.4. The lowest BCUT2D eigenvalue weighted by Gasteiger charge is -2.37. The Morgan fingerprint density at radius 2 is 2.27 bits per heavy atom. The molecule has 0 aromatic carbocycles. The molecule has 11 heavy (non-hydrogen) atoms. The molecule has 1 unspecified atom stereocenters. The monoisotopic (exact) mass is 158 g/mol. The van der Waals surface area contributed by atoms with Crippen molar-refractivity contribution in [3.05, 3.63) is 6.92 Å². The molecule has 4 heteroatoms. The molecular weight excluding hydrogens is 146 g/mol. The van der Waals surface area contributed by atoms with E-state index in [4.69, 9.17) is 10.2 Å². The maximum atomic E-state index is 10.3. The highest BCUT2D eigenvalue weighted by Crippen LogP contribution is 2.15. The van der Waals surface area contributed by atoms with Crippen molar-refractivity contribution in [1.29, 1.82) is 0 Å². The van der Waals surface area contributed by atoms with E-state index >= 15 is 0 Å². The molecule has 1 aliphatic heterocycles. The molecular formula is C7H12NO3. The van der Waals surface area contributed by atoms with E-state index in [0.29, 0.717) is 19.6 Å². The Morgan fingerprint density at radius 3 is 2.64 bits per heavy atom. The quantitative estimate of drug-likeness (QED) is 0.564. The lowest BCUT2D eigenvalue weighted by atomic mass is 10.0. The van der Waals surface area contributed by atoms with Crippen molar-refractivity contribution in [2.75, 3.05) is 19.6 Å². The second-order valence-corrected chi connectivity index (χ2v) is 2.91. The van der Waals surface area contributed by atoms with Crippen molar-refractivity contribution < 1.29 is 15.0 Å². The van der Waals surface area contributed by atoms with Crippen LogP contribution in [0.5, 0.6) is 0 Å². The van der Waals surface area contributed by atoms with Gasteiger partial charge in [-0.3, -0.25) is 9.69 Å². The Balaban J connectivity index is 2.14. The molecule has 1 rings (SSSR count). The number of carboxylic acids is 1. The summed E-state index contributed by atoms with van der Waals surface area (Å²) in [7, 11) is 0. The van der Waals surface area contributed by atoms with Crippen LogP contribution in [0.1, 0.15) is 0 Å². The third-order valence-corrected chi connectivity index (χ3v) is 1.78. The van der Waals surface area contributed by atoms with Crippen LogP contribution in [0.15, 0.2) is 0 Å². The molecule has 0 amide bonds. The van der Waals surface area contributed by atoms with Crippen molar-refractivity contribution >= 4 is 5.97 Å². The van der Waals surface area contributed by atoms with Gasteiger partial charge in [-0.2, -0.15) is 0 Å². The Morgan fingerprint density at radius 1 is 1.73 bits per heavy atom. The molecule has 1 atom stereocenters. The maximum Gasteiger partial charge on any atom is 0.309 e. The van der Waals surface area contributed by atoms with Crippen molar-refractivity contribution in [2.45, 2.75) is 6.10 Å². The number of hydrogen-bond acceptors (Lipinski definition) is 3. The van der Waals surface area contributed by atoms with Gasteiger partial charge >= 0.3 is 5.97 Å². The molecule has 0 saturated carbocycles. The maximum absolute atomic E-state index is 10.3. The minimum atomic E-state index is -0.750. The predicted octanol–water partition coefficient (Wildman–Crippen LogP) is -0.802. The molecule has 1 fully saturated rings. The van der Waals surface area contributed by atoms with Gasteiger partial charge in [0.2, 0.25) is 0 Å². The molecule has 1 radical (unpaired) electrons. The average Bonchev–Trinajstić information content (AvgIpc) is 1.75. The van der Waals surface area contributed by atoms with Crippen molar-refractivity contribution in [3.8, 4) is 0 Å². The topological polar surface area (TPSA) is 60.8 Å². The van der Waals surface area contributed by atoms with Crippen LogP contribution in [0, 0.1) is 12.8 Å². The lowest BCUT2D eigenvalue weighted by molar-refractivity contribution is -0.148. The molecule has 0 aliphatic carbocycles. The minimum Gasteiger partial charge on any atom is -0.481 e. The summed E-state index contributed by atoms with van der Waals surface area (Å²) < 4.78 is 0. The van der Waals surface area contributed by atoms with Crippen molar-refractivity contribution in [1.82, 2.24) is 4.90 Å². The predicted molar refractivity (Wildman–Crippen MR) is 38.9 cm³/mol. The highest BCUT2D eigenvalue weighted by Gasteiger charge is 2.32. The SMILES string of the molecule is [CH2]C(O)CN1CC(C(=O)O)C1. The van der Waals surface area contributed by atoms with Gasteiger partial charge < -0.3 is 10.2 Å². The van der Waals surface area contributed by atoms with Crippen LogP contribution in [0.3, 0.4) is 0 Å². The van der Waals surface area contributed by atoms with Gasteiger partial charge in [-0.25, -0.2) is 0 Å². The smallest absolute Gasteiger partial charge is 0.309 e. The van der Waals surface area contributed by atoms with Gasteiger partial charge in [-0.1, -0.05) is 0 Å². The van der Waals surface area contributed by atoms with Crippen LogP contribution in [0.4, 0.5) is 0 Å². The van der Waals surface area contributed by atoms with E-state index in [1.165, 1.54) is 0 Å². The standard InChI is InChI=1S/C7H12NO3/c1-5(9)2-8-3-6(4-8)7(10)11/h5-6,9H,1-4H2,(H,10,11). The molecule has 2 N–H and O–H groups in total. The van der Waals surface area contributed by atoms with Gasteiger partial charge in [0.05, 0.1) is 12.0 Å². The van der Waals surface area contributed by atoms with Gasteiger partial charge in [-0.15, -0.1) is 0 Å². The van der Waals surface area contributed by atoms with Crippen LogP contribution >= 0.6 is 0 Å². The van der Waals surface area contributed by atoms with Crippen LogP contribution in [-0.4, -0.2) is 46.8 Å². The summed E-state index contributed by atoms with van der Waals surface area (Å²) in [5.41, 5.74) is 0. The fourth-order valence-electron chi connectivity index (χ4n) is 1.17. The Labute approximate surface area is 65.4 Å². The second kappa shape index (κ2) is 3.19. The molecule has 0 spiro atoms. The van der Waals surface area contributed by atoms with Gasteiger partial charge in [-0.05, 0) is 6.92 Å².